The normalized spacial score (nSPS) is 14.7. The van der Waals surface area contributed by atoms with Gasteiger partial charge in [0.05, 0.1) is 12.5 Å². The van der Waals surface area contributed by atoms with Crippen LogP contribution in [0.2, 0.25) is 0 Å². The molecule has 1 unspecified atom stereocenters. The Bertz CT molecular complexity index is 684. The molecule has 4 heteroatoms. The number of thioether (sulfide) groups is 1. The lowest BCUT2D eigenvalue weighted by Gasteiger charge is -2.20. The molecule has 0 spiro atoms. The van der Waals surface area contributed by atoms with Gasteiger partial charge in [-0.25, -0.2) is 0 Å². The van der Waals surface area contributed by atoms with Crippen molar-refractivity contribution in [3.63, 3.8) is 0 Å². The molecule has 2 N–H and O–H groups in total. The molecule has 21 heavy (non-hydrogen) atoms. The maximum Gasteiger partial charge on any atom is 0.228 e. The Hall–Kier alpha value is -1.78. The van der Waals surface area contributed by atoms with Crippen LogP contribution in [0.1, 0.15) is 22.7 Å². The zero-order valence-corrected chi connectivity index (χ0v) is 13.0. The van der Waals surface area contributed by atoms with E-state index in [-0.39, 0.29) is 11.9 Å². The van der Waals surface area contributed by atoms with Crippen molar-refractivity contribution in [1.82, 2.24) is 5.32 Å². The highest BCUT2D eigenvalue weighted by Crippen LogP contribution is 2.33. The van der Waals surface area contributed by atoms with Crippen LogP contribution in [-0.4, -0.2) is 19.2 Å². The standard InChI is InChI=1S/C17H18N2OS/c1-18-17(13-5-3-4-6-15(13)21-2)11-7-8-14-12(9-11)10-16(20)19-14/h3-9,17-18H,10H2,1-2H3,(H,19,20). The summed E-state index contributed by atoms with van der Waals surface area (Å²) in [5.74, 6) is 0.0765. The number of hydrogen-bond donors (Lipinski definition) is 2. The second-order valence-corrected chi connectivity index (χ2v) is 5.95. The SMILES string of the molecule is CNC(c1ccc2c(c1)CC(=O)N2)c1ccccc1SC. The number of carbonyl (C=O) groups excluding carboxylic acids is 1. The second-order valence-electron chi connectivity index (χ2n) is 5.11. The van der Waals surface area contributed by atoms with Gasteiger partial charge in [-0.05, 0) is 42.1 Å². The molecule has 1 heterocycles. The number of benzene rings is 2. The highest BCUT2D eigenvalue weighted by atomic mass is 32.2. The first-order valence-electron chi connectivity index (χ1n) is 6.96. The first-order chi connectivity index (χ1) is 10.2. The molecule has 2 aromatic rings. The van der Waals surface area contributed by atoms with Crippen LogP contribution in [0.25, 0.3) is 0 Å². The van der Waals surface area contributed by atoms with E-state index < -0.39 is 0 Å². The maximum atomic E-state index is 11.5. The zero-order chi connectivity index (χ0) is 14.8. The van der Waals surface area contributed by atoms with E-state index in [0.29, 0.717) is 6.42 Å². The lowest BCUT2D eigenvalue weighted by molar-refractivity contribution is -0.115. The second kappa shape index (κ2) is 5.92. The largest absolute Gasteiger partial charge is 0.326 e. The number of nitrogens with one attached hydrogen (secondary N) is 2. The summed E-state index contributed by atoms with van der Waals surface area (Å²) in [6.45, 7) is 0. The molecule has 1 atom stereocenters. The Morgan fingerprint density at radius 1 is 1.24 bits per heavy atom. The maximum absolute atomic E-state index is 11.5. The van der Waals surface area contributed by atoms with Crippen molar-refractivity contribution >= 4 is 23.4 Å². The predicted molar refractivity (Wildman–Crippen MR) is 87.9 cm³/mol. The van der Waals surface area contributed by atoms with Crippen LogP contribution in [0.4, 0.5) is 5.69 Å². The molecule has 0 aromatic heterocycles. The minimum absolute atomic E-state index is 0.0765. The van der Waals surface area contributed by atoms with Crippen LogP contribution in [-0.2, 0) is 11.2 Å². The minimum Gasteiger partial charge on any atom is -0.326 e. The highest BCUT2D eigenvalue weighted by Gasteiger charge is 2.21. The molecule has 2 aromatic carbocycles. The summed E-state index contributed by atoms with van der Waals surface area (Å²) in [6, 6.07) is 14.8. The van der Waals surface area contributed by atoms with Crippen molar-refractivity contribution in [3.05, 3.63) is 59.2 Å². The van der Waals surface area contributed by atoms with Gasteiger partial charge < -0.3 is 10.6 Å². The fraction of sp³-hybridized carbons (Fsp3) is 0.235. The molecule has 1 aliphatic rings. The fourth-order valence-electron chi connectivity index (χ4n) is 2.84. The molecule has 0 fully saturated rings. The van der Waals surface area contributed by atoms with Gasteiger partial charge in [0.25, 0.3) is 0 Å². The monoisotopic (exact) mass is 298 g/mol. The summed E-state index contributed by atoms with van der Waals surface area (Å²) >= 11 is 1.75. The van der Waals surface area contributed by atoms with E-state index in [1.807, 2.05) is 13.1 Å². The third-order valence-corrected chi connectivity index (χ3v) is 4.64. The predicted octanol–water partition coefficient (Wildman–Crippen LogP) is 3.21. The van der Waals surface area contributed by atoms with E-state index in [0.717, 1.165) is 11.3 Å². The fourth-order valence-corrected chi connectivity index (χ4v) is 3.47. The Morgan fingerprint density at radius 3 is 2.81 bits per heavy atom. The van der Waals surface area contributed by atoms with Crippen LogP contribution in [0.15, 0.2) is 47.4 Å². The molecular formula is C17H18N2OS. The van der Waals surface area contributed by atoms with Gasteiger partial charge in [-0.1, -0.05) is 30.3 Å². The summed E-state index contributed by atoms with van der Waals surface area (Å²) in [5.41, 5.74) is 4.48. The number of rotatable bonds is 4. The smallest absolute Gasteiger partial charge is 0.228 e. The molecule has 0 saturated heterocycles. The Labute approximate surface area is 129 Å². The van der Waals surface area contributed by atoms with E-state index in [1.54, 1.807) is 11.8 Å². The van der Waals surface area contributed by atoms with Crippen LogP contribution in [0.3, 0.4) is 0 Å². The molecule has 1 amide bonds. The van der Waals surface area contributed by atoms with Crippen LogP contribution >= 0.6 is 11.8 Å². The molecule has 0 saturated carbocycles. The van der Waals surface area contributed by atoms with E-state index in [9.17, 15) is 4.79 Å². The quantitative estimate of drug-likeness (QED) is 0.852. The molecule has 0 radical (unpaired) electrons. The number of carbonyl (C=O) groups is 1. The van der Waals surface area contributed by atoms with E-state index in [4.69, 9.17) is 0 Å². The third kappa shape index (κ3) is 2.69. The minimum atomic E-state index is 0.0765. The third-order valence-electron chi connectivity index (χ3n) is 3.83. The van der Waals surface area contributed by atoms with Gasteiger partial charge in [0.1, 0.15) is 0 Å². The van der Waals surface area contributed by atoms with E-state index >= 15 is 0 Å². The van der Waals surface area contributed by atoms with Crippen LogP contribution in [0, 0.1) is 0 Å². The van der Waals surface area contributed by atoms with Gasteiger partial charge >= 0.3 is 0 Å². The summed E-state index contributed by atoms with van der Waals surface area (Å²) in [6.07, 6.45) is 2.57. The molecular weight excluding hydrogens is 280 g/mol. The van der Waals surface area contributed by atoms with Crippen molar-refractivity contribution in [1.29, 1.82) is 0 Å². The van der Waals surface area contributed by atoms with Crippen LogP contribution < -0.4 is 10.6 Å². The highest BCUT2D eigenvalue weighted by molar-refractivity contribution is 7.98. The number of amides is 1. The summed E-state index contributed by atoms with van der Waals surface area (Å²) < 4.78 is 0. The first kappa shape index (κ1) is 14.2. The first-order valence-corrected chi connectivity index (χ1v) is 8.18. The Kier molecular flexibility index (Phi) is 3.99. The van der Waals surface area contributed by atoms with Gasteiger partial charge in [0.15, 0.2) is 0 Å². The van der Waals surface area contributed by atoms with Gasteiger partial charge in [-0.2, -0.15) is 0 Å². The van der Waals surface area contributed by atoms with Gasteiger partial charge in [0, 0.05) is 10.6 Å². The topological polar surface area (TPSA) is 41.1 Å². The average molecular weight is 298 g/mol. The number of fused-ring (bicyclic) bond motifs is 1. The van der Waals surface area contributed by atoms with Crippen molar-refractivity contribution in [2.45, 2.75) is 17.4 Å². The number of hydrogen-bond acceptors (Lipinski definition) is 3. The van der Waals surface area contributed by atoms with Crippen molar-refractivity contribution in [2.24, 2.45) is 0 Å². The van der Waals surface area contributed by atoms with Crippen LogP contribution in [0.5, 0.6) is 0 Å². The summed E-state index contributed by atoms with van der Waals surface area (Å²) in [7, 11) is 1.97. The molecule has 3 rings (SSSR count). The van der Waals surface area contributed by atoms with Gasteiger partial charge in [-0.15, -0.1) is 11.8 Å². The van der Waals surface area contributed by atoms with E-state index in [1.165, 1.54) is 16.0 Å². The molecule has 3 nitrogen and oxygen atoms in total. The van der Waals surface area contributed by atoms with Crippen molar-refractivity contribution in [2.75, 3.05) is 18.6 Å². The molecule has 108 valence electrons. The summed E-state index contributed by atoms with van der Waals surface area (Å²) in [4.78, 5) is 12.8. The average Bonchev–Trinajstić information content (AvgIpc) is 2.88. The van der Waals surface area contributed by atoms with Gasteiger partial charge in [0.2, 0.25) is 5.91 Å². The Balaban J connectivity index is 2.01. The number of anilines is 1. The molecule has 0 aliphatic carbocycles. The lowest BCUT2D eigenvalue weighted by atomic mass is 9.96. The zero-order valence-electron chi connectivity index (χ0n) is 12.1. The Morgan fingerprint density at radius 2 is 2.05 bits per heavy atom. The lowest BCUT2D eigenvalue weighted by Crippen LogP contribution is -2.18. The van der Waals surface area contributed by atoms with Crippen molar-refractivity contribution in [3.8, 4) is 0 Å². The van der Waals surface area contributed by atoms with Crippen molar-refractivity contribution < 1.29 is 4.79 Å². The molecule has 0 bridgehead atoms. The van der Waals surface area contributed by atoms with E-state index in [2.05, 4.69) is 53.3 Å². The summed E-state index contributed by atoms with van der Waals surface area (Å²) in [5, 5.41) is 6.27. The molecule has 1 aliphatic heterocycles. The van der Waals surface area contributed by atoms with Gasteiger partial charge in [-0.3, -0.25) is 4.79 Å².